The standard InChI is InChI=1S/C26H30N6O2/c1-16-6-5-9-20(23(16)34-2)26(33)29-14-17-10-12-18(13-11-17)22(27)21-24(28)30-15-31-25(21)32-19-7-3-4-8-19/h5-6,9-13,15,19,27H,3-4,7-8,14H2,1-2H3,(H,29,33)(H3,28,30,31,32). The summed E-state index contributed by atoms with van der Waals surface area (Å²) in [7, 11) is 1.56. The number of carbonyl (C=O) groups excluding carboxylic acids is 1. The Bertz CT molecular complexity index is 1190. The average Bonchev–Trinajstić information content (AvgIpc) is 3.35. The number of benzene rings is 2. The highest BCUT2D eigenvalue weighted by molar-refractivity contribution is 6.16. The lowest BCUT2D eigenvalue weighted by Crippen LogP contribution is -2.23. The number of para-hydroxylation sites is 1. The van der Waals surface area contributed by atoms with E-state index in [0.717, 1.165) is 24.0 Å². The predicted molar refractivity (Wildman–Crippen MR) is 134 cm³/mol. The Morgan fingerprint density at radius 3 is 2.59 bits per heavy atom. The molecule has 0 aliphatic heterocycles. The zero-order valence-corrected chi connectivity index (χ0v) is 19.5. The van der Waals surface area contributed by atoms with E-state index in [4.69, 9.17) is 15.9 Å². The average molecular weight is 459 g/mol. The van der Waals surface area contributed by atoms with Crippen molar-refractivity contribution in [1.29, 1.82) is 5.41 Å². The number of nitrogen functional groups attached to an aromatic ring is 1. The molecule has 1 aromatic heterocycles. The van der Waals surface area contributed by atoms with Gasteiger partial charge in [0.05, 0.1) is 23.9 Å². The highest BCUT2D eigenvalue weighted by atomic mass is 16.5. The van der Waals surface area contributed by atoms with Crippen LogP contribution in [0.3, 0.4) is 0 Å². The largest absolute Gasteiger partial charge is 0.496 e. The van der Waals surface area contributed by atoms with Gasteiger partial charge in [0.15, 0.2) is 0 Å². The summed E-state index contributed by atoms with van der Waals surface area (Å²) in [5, 5.41) is 15.1. The van der Waals surface area contributed by atoms with Gasteiger partial charge in [-0.1, -0.05) is 49.2 Å². The van der Waals surface area contributed by atoms with E-state index in [0.29, 0.717) is 40.8 Å². The van der Waals surface area contributed by atoms with Gasteiger partial charge in [-0.25, -0.2) is 9.97 Å². The van der Waals surface area contributed by atoms with Crippen LogP contribution in [0.25, 0.3) is 0 Å². The fraction of sp³-hybridized carbons (Fsp3) is 0.308. The number of hydrogen-bond acceptors (Lipinski definition) is 7. The van der Waals surface area contributed by atoms with Crippen LogP contribution < -0.4 is 21.1 Å². The van der Waals surface area contributed by atoms with Crippen molar-refractivity contribution in [3.05, 3.63) is 76.6 Å². The summed E-state index contributed by atoms with van der Waals surface area (Å²) < 4.78 is 5.38. The molecule has 2 aromatic carbocycles. The summed E-state index contributed by atoms with van der Waals surface area (Å²) in [4.78, 5) is 21.1. The fourth-order valence-electron chi connectivity index (χ4n) is 4.33. The van der Waals surface area contributed by atoms with Crippen LogP contribution in [-0.2, 0) is 6.54 Å². The zero-order valence-electron chi connectivity index (χ0n) is 19.5. The van der Waals surface area contributed by atoms with Crippen molar-refractivity contribution in [1.82, 2.24) is 15.3 Å². The lowest BCUT2D eigenvalue weighted by molar-refractivity contribution is 0.0947. The third-order valence-corrected chi connectivity index (χ3v) is 6.18. The number of anilines is 2. The summed E-state index contributed by atoms with van der Waals surface area (Å²) in [5.74, 6) is 1.26. The molecule has 1 heterocycles. The molecule has 3 aromatic rings. The molecular formula is C26H30N6O2. The molecule has 34 heavy (non-hydrogen) atoms. The molecule has 0 unspecified atom stereocenters. The summed E-state index contributed by atoms with van der Waals surface area (Å²) in [6.45, 7) is 2.26. The SMILES string of the molecule is COc1c(C)cccc1C(=O)NCc1ccc(C(=N)c2c(N)ncnc2NC2CCCC2)cc1. The smallest absolute Gasteiger partial charge is 0.255 e. The Hall–Kier alpha value is -3.94. The molecule has 8 heteroatoms. The van der Waals surface area contributed by atoms with Gasteiger partial charge >= 0.3 is 0 Å². The number of amides is 1. The van der Waals surface area contributed by atoms with Crippen LogP contribution in [0.5, 0.6) is 5.75 Å². The van der Waals surface area contributed by atoms with E-state index in [2.05, 4.69) is 20.6 Å². The molecule has 5 N–H and O–H groups in total. The molecule has 0 atom stereocenters. The molecule has 176 valence electrons. The normalized spacial score (nSPS) is 13.5. The molecule has 1 amide bonds. The number of methoxy groups -OCH3 is 1. The van der Waals surface area contributed by atoms with Gasteiger partial charge in [-0.2, -0.15) is 0 Å². The number of hydrogen-bond donors (Lipinski definition) is 4. The molecule has 1 fully saturated rings. The van der Waals surface area contributed by atoms with Crippen molar-refractivity contribution in [2.75, 3.05) is 18.2 Å². The molecule has 1 saturated carbocycles. The quantitative estimate of drug-likeness (QED) is 0.377. The van der Waals surface area contributed by atoms with Gasteiger partial charge in [0.1, 0.15) is 23.7 Å². The van der Waals surface area contributed by atoms with Crippen molar-refractivity contribution in [2.45, 2.75) is 45.2 Å². The Balaban J connectivity index is 1.46. The van der Waals surface area contributed by atoms with Gasteiger partial charge in [-0.05, 0) is 37.0 Å². The van der Waals surface area contributed by atoms with Crippen molar-refractivity contribution >= 4 is 23.3 Å². The number of ether oxygens (including phenoxy) is 1. The molecule has 4 rings (SSSR count). The van der Waals surface area contributed by atoms with Gasteiger partial charge in [0.25, 0.3) is 5.91 Å². The Morgan fingerprint density at radius 2 is 1.88 bits per heavy atom. The molecule has 8 nitrogen and oxygen atoms in total. The van der Waals surface area contributed by atoms with E-state index in [1.54, 1.807) is 13.2 Å². The highest BCUT2D eigenvalue weighted by Crippen LogP contribution is 2.27. The maximum atomic E-state index is 12.7. The number of rotatable bonds is 8. The zero-order chi connectivity index (χ0) is 24.1. The number of nitrogens with one attached hydrogen (secondary N) is 3. The Labute approximate surface area is 199 Å². The second-order valence-corrected chi connectivity index (χ2v) is 8.52. The first-order chi connectivity index (χ1) is 16.5. The van der Waals surface area contributed by atoms with Crippen LogP contribution >= 0.6 is 0 Å². The van der Waals surface area contributed by atoms with Crippen LogP contribution in [0.1, 0.15) is 58.3 Å². The molecule has 0 saturated heterocycles. The van der Waals surface area contributed by atoms with Crippen LogP contribution in [0, 0.1) is 12.3 Å². The monoisotopic (exact) mass is 458 g/mol. The number of aryl methyl sites for hydroxylation is 1. The predicted octanol–water partition coefficient (Wildman–Crippen LogP) is 4.08. The van der Waals surface area contributed by atoms with E-state index in [1.807, 2.05) is 43.3 Å². The maximum Gasteiger partial charge on any atom is 0.255 e. The molecule has 0 radical (unpaired) electrons. The van der Waals surface area contributed by atoms with Gasteiger partial charge < -0.3 is 21.1 Å². The van der Waals surface area contributed by atoms with E-state index in [1.165, 1.54) is 19.2 Å². The van der Waals surface area contributed by atoms with Crippen molar-refractivity contribution in [3.63, 3.8) is 0 Å². The Kier molecular flexibility index (Phi) is 7.06. The first kappa shape index (κ1) is 23.2. The van der Waals surface area contributed by atoms with Crippen LogP contribution in [0.15, 0.2) is 48.8 Å². The maximum absolute atomic E-state index is 12.7. The Morgan fingerprint density at radius 1 is 1.15 bits per heavy atom. The second-order valence-electron chi connectivity index (χ2n) is 8.52. The molecule has 1 aliphatic carbocycles. The van der Waals surface area contributed by atoms with Crippen molar-refractivity contribution in [2.24, 2.45) is 0 Å². The van der Waals surface area contributed by atoms with Gasteiger partial charge in [-0.15, -0.1) is 0 Å². The minimum atomic E-state index is -0.200. The van der Waals surface area contributed by atoms with E-state index < -0.39 is 0 Å². The summed E-state index contributed by atoms with van der Waals surface area (Å²) in [6.07, 6.45) is 5.99. The summed E-state index contributed by atoms with van der Waals surface area (Å²) in [5.41, 5.74) is 9.95. The fourth-order valence-corrected chi connectivity index (χ4v) is 4.33. The molecule has 1 aliphatic rings. The number of nitrogens with zero attached hydrogens (tertiary/aromatic N) is 2. The highest BCUT2D eigenvalue weighted by Gasteiger charge is 2.21. The molecule has 0 bridgehead atoms. The first-order valence-electron chi connectivity index (χ1n) is 11.4. The number of nitrogens with two attached hydrogens (primary N) is 1. The van der Waals surface area contributed by atoms with E-state index >= 15 is 0 Å². The second kappa shape index (κ2) is 10.3. The topological polar surface area (TPSA) is 126 Å². The molecule has 0 spiro atoms. The van der Waals surface area contributed by atoms with Gasteiger partial charge in [0.2, 0.25) is 0 Å². The van der Waals surface area contributed by atoms with Gasteiger partial charge in [0, 0.05) is 18.2 Å². The van der Waals surface area contributed by atoms with E-state index in [-0.39, 0.29) is 17.4 Å². The van der Waals surface area contributed by atoms with Crippen LogP contribution in [0.4, 0.5) is 11.6 Å². The first-order valence-corrected chi connectivity index (χ1v) is 11.4. The third-order valence-electron chi connectivity index (χ3n) is 6.18. The third kappa shape index (κ3) is 5.01. The van der Waals surface area contributed by atoms with Gasteiger partial charge in [-0.3, -0.25) is 10.2 Å². The van der Waals surface area contributed by atoms with E-state index in [9.17, 15) is 4.79 Å². The lowest BCUT2D eigenvalue weighted by Gasteiger charge is -2.17. The van der Waals surface area contributed by atoms with Crippen molar-refractivity contribution < 1.29 is 9.53 Å². The lowest BCUT2D eigenvalue weighted by atomic mass is 10.0. The van der Waals surface area contributed by atoms with Crippen molar-refractivity contribution in [3.8, 4) is 5.75 Å². The minimum Gasteiger partial charge on any atom is -0.496 e. The minimum absolute atomic E-state index is 0.200. The number of aromatic nitrogens is 2. The van der Waals surface area contributed by atoms with Crippen LogP contribution in [-0.4, -0.2) is 34.7 Å². The van der Waals surface area contributed by atoms with Crippen LogP contribution in [0.2, 0.25) is 0 Å². The summed E-state index contributed by atoms with van der Waals surface area (Å²) in [6, 6.07) is 13.3. The summed E-state index contributed by atoms with van der Waals surface area (Å²) >= 11 is 0. The molecular weight excluding hydrogens is 428 g/mol. The number of carbonyl (C=O) groups is 1.